The topological polar surface area (TPSA) is 122 Å². The number of nitrogens with zero attached hydrogens (tertiary/aromatic N) is 4. The first kappa shape index (κ1) is 29.7. The maximum atomic E-state index is 13.0. The normalized spacial score (nSPS) is 15.3. The fourth-order valence-corrected chi connectivity index (χ4v) is 4.29. The van der Waals surface area contributed by atoms with Gasteiger partial charge in [0.2, 0.25) is 0 Å². The van der Waals surface area contributed by atoms with Crippen LogP contribution in [0.2, 0.25) is 0 Å². The van der Waals surface area contributed by atoms with Gasteiger partial charge in [-0.25, -0.2) is 14.5 Å². The highest BCUT2D eigenvalue weighted by Gasteiger charge is 2.38. The number of halogens is 6. The molecule has 0 amide bonds. The Morgan fingerprint density at radius 2 is 1.63 bits per heavy atom. The lowest BCUT2D eigenvalue weighted by Gasteiger charge is -2.32. The van der Waals surface area contributed by atoms with Crippen LogP contribution < -0.4 is 10.9 Å². The molecule has 1 aliphatic rings. The Hall–Kier alpha value is -4.24. The summed E-state index contributed by atoms with van der Waals surface area (Å²) < 4.78 is 73.8. The monoisotopic (exact) mass is 583 g/mol. The second-order valence-corrected chi connectivity index (χ2v) is 9.37. The van der Waals surface area contributed by atoms with Gasteiger partial charge in [0.25, 0.3) is 5.56 Å². The number of alkyl halides is 6. The fraction of sp³-hybridized carbons (Fsp3) is 0.308. The first-order chi connectivity index (χ1) is 19.2. The Morgan fingerprint density at radius 1 is 1.00 bits per heavy atom. The van der Waals surface area contributed by atoms with E-state index < -0.39 is 29.5 Å². The third-order valence-corrected chi connectivity index (χ3v) is 6.43. The molecule has 0 atom stereocenters. The van der Waals surface area contributed by atoms with E-state index in [-0.39, 0.29) is 12.1 Å². The van der Waals surface area contributed by atoms with Crippen LogP contribution in [0.1, 0.15) is 18.4 Å². The van der Waals surface area contributed by atoms with Crippen LogP contribution in [0.3, 0.4) is 0 Å². The average molecular weight is 583 g/mol. The van der Waals surface area contributed by atoms with Crippen LogP contribution in [-0.2, 0) is 17.5 Å². The SMILES string of the molecule is O=C(O)C(F)(F)F.O=c1c2cnn(-c3ccc(-c4cccc(C(F)(F)F)c4)cc3)c2ncn1CC1(O)CCNCC1. The number of aliphatic hydroxyl groups is 1. The number of hydrogen-bond donors (Lipinski definition) is 3. The zero-order valence-corrected chi connectivity index (χ0v) is 21.1. The van der Waals surface area contributed by atoms with Crippen molar-refractivity contribution in [1.29, 1.82) is 0 Å². The summed E-state index contributed by atoms with van der Waals surface area (Å²) in [4.78, 5) is 26.3. The van der Waals surface area contributed by atoms with Gasteiger partial charge in [0.1, 0.15) is 11.7 Å². The second kappa shape index (κ2) is 11.3. The van der Waals surface area contributed by atoms with Crippen molar-refractivity contribution in [2.75, 3.05) is 13.1 Å². The molecule has 15 heteroatoms. The predicted octanol–water partition coefficient (Wildman–Crippen LogP) is 4.02. The van der Waals surface area contributed by atoms with Crippen LogP contribution in [0.4, 0.5) is 26.3 Å². The van der Waals surface area contributed by atoms with E-state index in [1.165, 1.54) is 27.8 Å². The molecule has 0 saturated carbocycles. The number of hydrogen-bond acceptors (Lipinski definition) is 6. The van der Waals surface area contributed by atoms with Gasteiger partial charge in [-0.2, -0.15) is 31.4 Å². The molecule has 1 fully saturated rings. The molecule has 0 unspecified atom stereocenters. The minimum atomic E-state index is -5.08. The molecule has 0 aliphatic carbocycles. The molecule has 1 aliphatic heterocycles. The van der Waals surface area contributed by atoms with Gasteiger partial charge in [0.05, 0.1) is 29.6 Å². The Morgan fingerprint density at radius 3 is 2.22 bits per heavy atom. The van der Waals surface area contributed by atoms with Crippen molar-refractivity contribution >= 4 is 17.0 Å². The standard InChI is InChI=1S/C24H22F3N5O2.C2HF3O2/c25-24(26,27)18-3-1-2-17(12-18)16-4-6-19(7-5-16)32-21-20(13-30-32)22(33)31(15-29-21)14-23(34)8-10-28-11-9-23;3-2(4,5)1(6)7/h1-7,12-13,15,28,34H,8-11,14H2;(H,6,7). The molecule has 3 N–H and O–H groups in total. The number of rotatable bonds is 4. The van der Waals surface area contributed by atoms with Gasteiger partial charge in [-0.05, 0) is 61.3 Å². The number of carboxylic acid groups (broad SMARTS) is 1. The van der Waals surface area contributed by atoms with Gasteiger partial charge >= 0.3 is 18.3 Å². The molecule has 9 nitrogen and oxygen atoms in total. The highest BCUT2D eigenvalue weighted by molar-refractivity contribution is 5.75. The van der Waals surface area contributed by atoms with Crippen LogP contribution in [-0.4, -0.2) is 60.4 Å². The highest BCUT2D eigenvalue weighted by atomic mass is 19.4. The Balaban J connectivity index is 0.000000493. The first-order valence-electron chi connectivity index (χ1n) is 12.1. The van der Waals surface area contributed by atoms with Crippen molar-refractivity contribution in [2.45, 2.75) is 37.3 Å². The number of piperidine rings is 1. The molecule has 2 aromatic carbocycles. The molecule has 218 valence electrons. The van der Waals surface area contributed by atoms with Crippen molar-refractivity contribution in [3.8, 4) is 16.8 Å². The van der Waals surface area contributed by atoms with Crippen LogP contribution in [0.5, 0.6) is 0 Å². The van der Waals surface area contributed by atoms with E-state index in [1.807, 2.05) is 0 Å². The molecular formula is C26H23F6N5O4. The van der Waals surface area contributed by atoms with Crippen molar-refractivity contribution in [2.24, 2.45) is 0 Å². The molecule has 0 spiro atoms. The zero-order valence-electron chi connectivity index (χ0n) is 21.1. The third kappa shape index (κ3) is 6.92. The van der Waals surface area contributed by atoms with E-state index in [0.29, 0.717) is 53.8 Å². The molecule has 0 bridgehead atoms. The van der Waals surface area contributed by atoms with Crippen molar-refractivity contribution in [1.82, 2.24) is 24.6 Å². The van der Waals surface area contributed by atoms with Crippen molar-refractivity contribution in [3.05, 3.63) is 77.0 Å². The van der Waals surface area contributed by atoms with Crippen molar-refractivity contribution in [3.63, 3.8) is 0 Å². The third-order valence-electron chi connectivity index (χ3n) is 6.43. The summed E-state index contributed by atoms with van der Waals surface area (Å²) in [6.07, 6.45) is -5.54. The largest absolute Gasteiger partial charge is 0.490 e. The van der Waals surface area contributed by atoms with E-state index in [2.05, 4.69) is 15.4 Å². The zero-order chi connectivity index (χ0) is 30.0. The lowest BCUT2D eigenvalue weighted by Crippen LogP contribution is -2.46. The van der Waals surface area contributed by atoms with Gasteiger partial charge in [-0.15, -0.1) is 0 Å². The second-order valence-electron chi connectivity index (χ2n) is 9.37. The summed E-state index contributed by atoms with van der Waals surface area (Å²) in [5, 5.41) is 25.7. The Kier molecular flexibility index (Phi) is 8.22. The first-order valence-corrected chi connectivity index (χ1v) is 12.1. The molecular weight excluding hydrogens is 560 g/mol. The van der Waals surface area contributed by atoms with E-state index in [0.717, 1.165) is 12.1 Å². The maximum absolute atomic E-state index is 13.0. The molecule has 2 aromatic heterocycles. The van der Waals surface area contributed by atoms with Crippen LogP contribution >= 0.6 is 0 Å². The van der Waals surface area contributed by atoms with Gasteiger partial charge in [-0.3, -0.25) is 9.36 Å². The van der Waals surface area contributed by atoms with Crippen LogP contribution in [0, 0.1) is 0 Å². The van der Waals surface area contributed by atoms with Gasteiger partial charge < -0.3 is 15.5 Å². The van der Waals surface area contributed by atoms with Gasteiger partial charge in [-0.1, -0.05) is 24.3 Å². The minimum absolute atomic E-state index is 0.160. The number of carbonyl (C=O) groups is 1. The van der Waals surface area contributed by atoms with Gasteiger partial charge in [0, 0.05) is 0 Å². The molecule has 0 radical (unpaired) electrons. The van der Waals surface area contributed by atoms with Gasteiger partial charge in [0.15, 0.2) is 5.65 Å². The summed E-state index contributed by atoms with van der Waals surface area (Å²) in [5.41, 5.74) is 0.100. The van der Waals surface area contributed by atoms with E-state index in [9.17, 15) is 36.2 Å². The number of aromatic nitrogens is 4. The number of carboxylic acids is 1. The van der Waals surface area contributed by atoms with E-state index in [1.54, 1.807) is 30.3 Å². The van der Waals surface area contributed by atoms with Crippen LogP contribution in [0.15, 0.2) is 65.8 Å². The maximum Gasteiger partial charge on any atom is 0.490 e. The van der Waals surface area contributed by atoms with Crippen LogP contribution in [0.25, 0.3) is 27.8 Å². The number of benzene rings is 2. The molecule has 5 rings (SSSR count). The van der Waals surface area contributed by atoms with E-state index in [4.69, 9.17) is 9.90 Å². The lowest BCUT2D eigenvalue weighted by molar-refractivity contribution is -0.192. The Labute approximate surface area is 227 Å². The molecule has 4 aromatic rings. The summed E-state index contributed by atoms with van der Waals surface area (Å²) >= 11 is 0. The fourth-order valence-electron chi connectivity index (χ4n) is 4.29. The lowest BCUT2D eigenvalue weighted by atomic mass is 9.92. The number of aliphatic carboxylic acids is 1. The Bertz CT molecular complexity index is 1590. The van der Waals surface area contributed by atoms with E-state index >= 15 is 0 Å². The molecule has 1 saturated heterocycles. The summed E-state index contributed by atoms with van der Waals surface area (Å²) in [5.74, 6) is -2.76. The summed E-state index contributed by atoms with van der Waals surface area (Å²) in [6, 6.07) is 12.0. The quantitative estimate of drug-likeness (QED) is 0.311. The molecule has 41 heavy (non-hydrogen) atoms. The number of fused-ring (bicyclic) bond motifs is 1. The minimum Gasteiger partial charge on any atom is -0.475 e. The average Bonchev–Trinajstić information content (AvgIpc) is 3.35. The number of nitrogens with one attached hydrogen (secondary N) is 1. The predicted molar refractivity (Wildman–Crippen MR) is 134 cm³/mol. The highest BCUT2D eigenvalue weighted by Crippen LogP contribution is 2.32. The molecule has 3 heterocycles. The van der Waals surface area contributed by atoms with Crippen molar-refractivity contribution < 1.29 is 41.4 Å². The summed E-state index contributed by atoms with van der Waals surface area (Å²) in [6.45, 7) is 1.54. The summed E-state index contributed by atoms with van der Waals surface area (Å²) in [7, 11) is 0. The smallest absolute Gasteiger partial charge is 0.475 e.